The van der Waals surface area contributed by atoms with Crippen molar-refractivity contribution in [1.29, 1.82) is 0 Å². The Bertz CT molecular complexity index is 722. The lowest BCUT2D eigenvalue weighted by atomic mass is 10.0. The summed E-state index contributed by atoms with van der Waals surface area (Å²) in [6, 6.07) is 15.3. The Hall–Kier alpha value is -2.88. The zero-order chi connectivity index (χ0) is 18.9. The summed E-state index contributed by atoms with van der Waals surface area (Å²) in [5.74, 6) is -1.49. The Labute approximate surface area is 155 Å². The van der Waals surface area contributed by atoms with Crippen molar-refractivity contribution in [2.75, 3.05) is 10.6 Å². The van der Waals surface area contributed by atoms with E-state index in [1.54, 1.807) is 6.08 Å². The molecule has 2 N–H and O–H groups in total. The van der Waals surface area contributed by atoms with Crippen molar-refractivity contribution in [3.05, 3.63) is 72.3 Å². The van der Waals surface area contributed by atoms with Gasteiger partial charge in [0.2, 0.25) is 11.8 Å². The van der Waals surface area contributed by atoms with Crippen molar-refractivity contribution in [3.63, 3.8) is 0 Å². The predicted octanol–water partition coefficient (Wildman–Crippen LogP) is 4.58. The molecule has 0 radical (unpaired) electrons. The first kappa shape index (κ1) is 19.4. The van der Waals surface area contributed by atoms with E-state index in [4.69, 9.17) is 0 Å². The molecule has 0 atom stereocenters. The van der Waals surface area contributed by atoms with Crippen molar-refractivity contribution in [1.82, 2.24) is 0 Å². The predicted molar refractivity (Wildman–Crippen MR) is 107 cm³/mol. The van der Waals surface area contributed by atoms with Gasteiger partial charge in [0.15, 0.2) is 0 Å². The van der Waals surface area contributed by atoms with Crippen LogP contribution in [0.3, 0.4) is 0 Å². The first-order chi connectivity index (χ1) is 12.6. The standard InChI is InChI=1S/C22H26N2O2/c1-4-9-20(21(25)23-18-12-7-10-16(5-2)14-18)22(26)24-19-13-8-11-17(6-3)15-19/h4,7-8,10-15,20H,1,5-6,9H2,2-3H3,(H,23,25)(H,24,26). The van der Waals surface area contributed by atoms with E-state index in [2.05, 4.69) is 31.1 Å². The molecular weight excluding hydrogens is 324 g/mol. The molecular formula is C22H26N2O2. The molecule has 0 bridgehead atoms. The molecule has 4 heteroatoms. The van der Waals surface area contributed by atoms with Gasteiger partial charge in [-0.25, -0.2) is 0 Å². The second kappa shape index (κ2) is 9.56. The third kappa shape index (κ3) is 5.31. The number of rotatable bonds is 8. The van der Waals surface area contributed by atoms with Gasteiger partial charge in [-0.3, -0.25) is 9.59 Å². The highest BCUT2D eigenvalue weighted by atomic mass is 16.2. The molecule has 0 saturated heterocycles. The van der Waals surface area contributed by atoms with Gasteiger partial charge in [0.25, 0.3) is 0 Å². The maximum absolute atomic E-state index is 12.6. The molecule has 2 aromatic rings. The van der Waals surface area contributed by atoms with Crippen LogP contribution in [0.25, 0.3) is 0 Å². The number of hydrogen-bond acceptors (Lipinski definition) is 2. The average molecular weight is 350 g/mol. The van der Waals surface area contributed by atoms with Gasteiger partial charge >= 0.3 is 0 Å². The van der Waals surface area contributed by atoms with Crippen molar-refractivity contribution in [2.24, 2.45) is 5.92 Å². The molecule has 136 valence electrons. The molecule has 2 rings (SSSR count). The zero-order valence-electron chi connectivity index (χ0n) is 15.4. The molecule has 0 aliphatic carbocycles. The summed E-state index contributed by atoms with van der Waals surface area (Å²) in [7, 11) is 0. The highest BCUT2D eigenvalue weighted by Gasteiger charge is 2.25. The summed E-state index contributed by atoms with van der Waals surface area (Å²) in [5, 5.41) is 5.69. The van der Waals surface area contributed by atoms with Crippen LogP contribution >= 0.6 is 0 Å². The van der Waals surface area contributed by atoms with E-state index >= 15 is 0 Å². The van der Waals surface area contributed by atoms with Crippen LogP contribution in [0.1, 0.15) is 31.4 Å². The zero-order valence-corrected chi connectivity index (χ0v) is 15.4. The number of carbonyl (C=O) groups excluding carboxylic acids is 2. The number of aryl methyl sites for hydroxylation is 2. The molecule has 4 nitrogen and oxygen atoms in total. The van der Waals surface area contributed by atoms with Crippen LogP contribution in [0, 0.1) is 5.92 Å². The Kier molecular flexibility index (Phi) is 7.15. The molecule has 0 unspecified atom stereocenters. The molecule has 0 saturated carbocycles. The van der Waals surface area contributed by atoms with Crippen molar-refractivity contribution < 1.29 is 9.59 Å². The summed E-state index contributed by atoms with van der Waals surface area (Å²) in [6.45, 7) is 7.78. The Morgan fingerprint density at radius 3 is 1.77 bits per heavy atom. The Balaban J connectivity index is 2.11. The minimum Gasteiger partial charge on any atom is -0.325 e. The van der Waals surface area contributed by atoms with Crippen LogP contribution in [0.15, 0.2) is 61.2 Å². The van der Waals surface area contributed by atoms with Gasteiger partial charge in [-0.15, -0.1) is 6.58 Å². The quantitative estimate of drug-likeness (QED) is 0.541. The van der Waals surface area contributed by atoms with Crippen LogP contribution in [0.5, 0.6) is 0 Å². The van der Waals surface area contributed by atoms with Gasteiger partial charge in [-0.2, -0.15) is 0 Å². The topological polar surface area (TPSA) is 58.2 Å². The number of amides is 2. The van der Waals surface area contributed by atoms with Crippen LogP contribution in [0.2, 0.25) is 0 Å². The van der Waals surface area contributed by atoms with Gasteiger partial charge in [0.1, 0.15) is 5.92 Å². The van der Waals surface area contributed by atoms with Crippen molar-refractivity contribution >= 4 is 23.2 Å². The smallest absolute Gasteiger partial charge is 0.237 e. The normalized spacial score (nSPS) is 10.4. The van der Waals surface area contributed by atoms with E-state index in [1.165, 1.54) is 0 Å². The number of nitrogens with one attached hydrogen (secondary N) is 2. The van der Waals surface area contributed by atoms with Crippen LogP contribution in [-0.4, -0.2) is 11.8 Å². The minimum atomic E-state index is -0.830. The Morgan fingerprint density at radius 2 is 1.38 bits per heavy atom. The van der Waals surface area contributed by atoms with Crippen molar-refractivity contribution in [2.45, 2.75) is 33.1 Å². The number of allylic oxidation sites excluding steroid dienone is 1. The van der Waals surface area contributed by atoms with E-state index in [0.717, 1.165) is 24.0 Å². The first-order valence-electron chi connectivity index (χ1n) is 8.97. The van der Waals surface area contributed by atoms with Crippen LogP contribution < -0.4 is 10.6 Å². The maximum atomic E-state index is 12.6. The van der Waals surface area contributed by atoms with Gasteiger partial charge in [0.05, 0.1) is 0 Å². The molecule has 0 heterocycles. The summed E-state index contributed by atoms with van der Waals surface area (Å²) < 4.78 is 0. The molecule has 0 aromatic heterocycles. The highest BCUT2D eigenvalue weighted by Crippen LogP contribution is 2.17. The van der Waals surface area contributed by atoms with Gasteiger partial charge in [-0.05, 0) is 54.7 Å². The second-order valence-electron chi connectivity index (χ2n) is 6.16. The fourth-order valence-electron chi connectivity index (χ4n) is 2.70. The third-order valence-corrected chi connectivity index (χ3v) is 4.24. The maximum Gasteiger partial charge on any atom is 0.237 e. The minimum absolute atomic E-state index is 0.276. The Morgan fingerprint density at radius 1 is 0.923 bits per heavy atom. The lowest BCUT2D eigenvalue weighted by molar-refractivity contribution is -0.129. The number of benzene rings is 2. The molecule has 0 fully saturated rings. The highest BCUT2D eigenvalue weighted by molar-refractivity contribution is 6.10. The lowest BCUT2D eigenvalue weighted by Gasteiger charge is -2.16. The molecule has 26 heavy (non-hydrogen) atoms. The van der Waals surface area contributed by atoms with Gasteiger partial charge in [0, 0.05) is 11.4 Å². The molecule has 0 aliphatic heterocycles. The van der Waals surface area contributed by atoms with Crippen LogP contribution in [-0.2, 0) is 22.4 Å². The van der Waals surface area contributed by atoms with Crippen molar-refractivity contribution in [3.8, 4) is 0 Å². The fourth-order valence-corrected chi connectivity index (χ4v) is 2.70. The number of anilines is 2. The van der Waals surface area contributed by atoms with E-state index in [0.29, 0.717) is 11.4 Å². The van der Waals surface area contributed by atoms with Gasteiger partial charge in [-0.1, -0.05) is 44.2 Å². The van der Waals surface area contributed by atoms with E-state index in [-0.39, 0.29) is 18.2 Å². The summed E-state index contributed by atoms with van der Waals surface area (Å²) >= 11 is 0. The van der Waals surface area contributed by atoms with E-state index in [9.17, 15) is 9.59 Å². The number of hydrogen-bond donors (Lipinski definition) is 2. The summed E-state index contributed by atoms with van der Waals surface area (Å²) in [4.78, 5) is 25.3. The first-order valence-corrected chi connectivity index (χ1v) is 8.97. The monoisotopic (exact) mass is 350 g/mol. The summed E-state index contributed by atoms with van der Waals surface area (Å²) in [5.41, 5.74) is 3.65. The second-order valence-corrected chi connectivity index (χ2v) is 6.16. The van der Waals surface area contributed by atoms with Crippen LogP contribution in [0.4, 0.5) is 11.4 Å². The average Bonchev–Trinajstić information content (AvgIpc) is 2.66. The lowest BCUT2D eigenvalue weighted by Crippen LogP contribution is -2.33. The third-order valence-electron chi connectivity index (χ3n) is 4.24. The fraction of sp³-hybridized carbons (Fsp3) is 0.273. The number of carbonyl (C=O) groups is 2. The SMILES string of the molecule is C=CCC(C(=O)Nc1cccc(CC)c1)C(=O)Nc1cccc(CC)c1. The molecule has 2 aromatic carbocycles. The molecule has 2 amide bonds. The van der Waals surface area contributed by atoms with E-state index < -0.39 is 5.92 Å². The van der Waals surface area contributed by atoms with E-state index in [1.807, 2.05) is 48.5 Å². The van der Waals surface area contributed by atoms with Gasteiger partial charge < -0.3 is 10.6 Å². The largest absolute Gasteiger partial charge is 0.325 e. The molecule has 0 aliphatic rings. The summed E-state index contributed by atoms with van der Waals surface area (Å²) in [6.07, 6.45) is 3.63. The molecule has 0 spiro atoms.